The van der Waals surface area contributed by atoms with Gasteiger partial charge < -0.3 is 4.74 Å². The van der Waals surface area contributed by atoms with Crippen LogP contribution in [0.15, 0.2) is 23.2 Å². The largest absolute Gasteiger partial charge is 0.497 e. The molecule has 0 aromatic heterocycles. The van der Waals surface area contributed by atoms with Gasteiger partial charge in [0.1, 0.15) is 5.75 Å². The molecule has 0 spiro atoms. The number of rotatable bonds is 2. The van der Waals surface area contributed by atoms with Crippen molar-refractivity contribution in [2.75, 3.05) is 7.11 Å². The van der Waals surface area contributed by atoms with Crippen LogP contribution < -0.4 is 4.74 Å². The number of benzene rings is 1. The Balaban J connectivity index is 3.12. The molecule has 58 valence electrons. The standard InChI is InChI=1S/C9H11NO/c1-7-4-5-8(11-3)6-9(7)10-2/h4-6H,2H2,1,3H3. The quantitative estimate of drug-likeness (QED) is 0.591. The van der Waals surface area contributed by atoms with Crippen LogP contribution in [0.25, 0.3) is 0 Å². The van der Waals surface area contributed by atoms with E-state index in [-0.39, 0.29) is 0 Å². The molecule has 0 amide bonds. The first-order valence-electron chi connectivity index (χ1n) is 3.39. The van der Waals surface area contributed by atoms with Crippen LogP contribution >= 0.6 is 0 Å². The van der Waals surface area contributed by atoms with E-state index in [1.807, 2.05) is 25.1 Å². The zero-order chi connectivity index (χ0) is 8.27. The summed E-state index contributed by atoms with van der Waals surface area (Å²) in [6.45, 7) is 5.45. The average molecular weight is 149 g/mol. The number of hydrogen-bond donors (Lipinski definition) is 0. The Morgan fingerprint density at radius 1 is 1.45 bits per heavy atom. The van der Waals surface area contributed by atoms with Crippen LogP contribution in [0.2, 0.25) is 0 Å². The molecule has 0 saturated carbocycles. The number of aliphatic imine (C=N–C) groups is 1. The first-order chi connectivity index (χ1) is 5.27. The number of aryl methyl sites for hydroxylation is 1. The first-order valence-corrected chi connectivity index (χ1v) is 3.39. The van der Waals surface area contributed by atoms with Gasteiger partial charge in [-0.25, -0.2) is 0 Å². The highest BCUT2D eigenvalue weighted by molar-refractivity contribution is 5.54. The second kappa shape index (κ2) is 3.19. The number of methoxy groups -OCH3 is 1. The van der Waals surface area contributed by atoms with Crippen LogP contribution in [0.3, 0.4) is 0 Å². The lowest BCUT2D eigenvalue weighted by atomic mass is 10.2. The Morgan fingerprint density at radius 3 is 2.73 bits per heavy atom. The summed E-state index contributed by atoms with van der Waals surface area (Å²) >= 11 is 0. The Morgan fingerprint density at radius 2 is 2.18 bits per heavy atom. The summed E-state index contributed by atoms with van der Waals surface area (Å²) in [6, 6.07) is 5.73. The van der Waals surface area contributed by atoms with E-state index < -0.39 is 0 Å². The van der Waals surface area contributed by atoms with Gasteiger partial charge in [-0.3, -0.25) is 4.99 Å². The smallest absolute Gasteiger partial charge is 0.121 e. The topological polar surface area (TPSA) is 21.6 Å². The Labute approximate surface area is 66.5 Å². The van der Waals surface area contributed by atoms with E-state index in [0.717, 1.165) is 17.0 Å². The van der Waals surface area contributed by atoms with Crippen molar-refractivity contribution < 1.29 is 4.74 Å². The highest BCUT2D eigenvalue weighted by atomic mass is 16.5. The second-order valence-corrected chi connectivity index (χ2v) is 2.31. The van der Waals surface area contributed by atoms with Crippen LogP contribution in [0.5, 0.6) is 5.75 Å². The molecular formula is C9H11NO. The van der Waals surface area contributed by atoms with Crippen molar-refractivity contribution in [3.05, 3.63) is 23.8 Å². The van der Waals surface area contributed by atoms with Crippen molar-refractivity contribution in [3.8, 4) is 5.75 Å². The molecule has 2 nitrogen and oxygen atoms in total. The van der Waals surface area contributed by atoms with E-state index in [1.54, 1.807) is 7.11 Å². The minimum absolute atomic E-state index is 0.818. The van der Waals surface area contributed by atoms with Crippen LogP contribution in [0, 0.1) is 6.92 Å². The summed E-state index contributed by atoms with van der Waals surface area (Å²) in [5.74, 6) is 0.818. The van der Waals surface area contributed by atoms with Gasteiger partial charge in [0.25, 0.3) is 0 Å². The highest BCUT2D eigenvalue weighted by Crippen LogP contribution is 2.23. The lowest BCUT2D eigenvalue weighted by Crippen LogP contribution is -1.82. The molecule has 1 aromatic carbocycles. The van der Waals surface area contributed by atoms with Crippen molar-refractivity contribution >= 4 is 12.4 Å². The lowest BCUT2D eigenvalue weighted by Gasteiger charge is -2.02. The average Bonchev–Trinajstić information content (AvgIpc) is 2.05. The van der Waals surface area contributed by atoms with Gasteiger partial charge in [-0.1, -0.05) is 6.07 Å². The molecule has 0 bridgehead atoms. The van der Waals surface area contributed by atoms with Gasteiger partial charge in [-0.05, 0) is 25.3 Å². The normalized spacial score (nSPS) is 9.27. The van der Waals surface area contributed by atoms with Gasteiger partial charge >= 0.3 is 0 Å². The van der Waals surface area contributed by atoms with Crippen molar-refractivity contribution in [3.63, 3.8) is 0 Å². The third-order valence-electron chi connectivity index (χ3n) is 1.59. The lowest BCUT2D eigenvalue weighted by molar-refractivity contribution is 0.415. The zero-order valence-electron chi connectivity index (χ0n) is 6.79. The van der Waals surface area contributed by atoms with Crippen LogP contribution in [0.1, 0.15) is 5.56 Å². The maximum Gasteiger partial charge on any atom is 0.121 e. The van der Waals surface area contributed by atoms with E-state index in [4.69, 9.17) is 4.74 Å². The molecule has 2 heteroatoms. The van der Waals surface area contributed by atoms with Gasteiger partial charge in [0.15, 0.2) is 0 Å². The van der Waals surface area contributed by atoms with Crippen LogP contribution in [-0.2, 0) is 0 Å². The predicted octanol–water partition coefficient (Wildman–Crippen LogP) is 2.34. The highest BCUT2D eigenvalue weighted by Gasteiger charge is 1.96. The molecule has 0 fully saturated rings. The molecule has 0 heterocycles. The molecule has 0 aliphatic heterocycles. The minimum Gasteiger partial charge on any atom is -0.497 e. The third kappa shape index (κ3) is 1.58. The molecule has 1 rings (SSSR count). The maximum absolute atomic E-state index is 5.02. The van der Waals surface area contributed by atoms with E-state index in [0.29, 0.717) is 0 Å². The number of nitrogens with zero attached hydrogens (tertiary/aromatic N) is 1. The van der Waals surface area contributed by atoms with Gasteiger partial charge in [-0.15, -0.1) is 0 Å². The Kier molecular flexibility index (Phi) is 2.26. The molecule has 11 heavy (non-hydrogen) atoms. The monoisotopic (exact) mass is 149 g/mol. The summed E-state index contributed by atoms with van der Waals surface area (Å²) in [5, 5.41) is 0. The summed E-state index contributed by atoms with van der Waals surface area (Å²) < 4.78 is 5.02. The summed E-state index contributed by atoms with van der Waals surface area (Å²) in [5.41, 5.74) is 1.99. The zero-order valence-corrected chi connectivity index (χ0v) is 6.79. The van der Waals surface area contributed by atoms with Gasteiger partial charge in [0.05, 0.1) is 12.8 Å². The fourth-order valence-electron chi connectivity index (χ4n) is 0.887. The summed E-state index contributed by atoms with van der Waals surface area (Å²) in [4.78, 5) is 3.85. The van der Waals surface area contributed by atoms with Crippen molar-refractivity contribution in [1.29, 1.82) is 0 Å². The predicted molar refractivity (Wildman–Crippen MR) is 46.9 cm³/mol. The third-order valence-corrected chi connectivity index (χ3v) is 1.59. The van der Waals surface area contributed by atoms with Gasteiger partial charge in [0.2, 0.25) is 0 Å². The molecule has 0 aliphatic rings. The van der Waals surface area contributed by atoms with E-state index >= 15 is 0 Å². The second-order valence-electron chi connectivity index (χ2n) is 2.31. The summed E-state index contributed by atoms with van der Waals surface area (Å²) in [7, 11) is 1.64. The Hall–Kier alpha value is -1.31. The molecular weight excluding hydrogens is 138 g/mol. The van der Waals surface area contributed by atoms with Crippen molar-refractivity contribution in [1.82, 2.24) is 0 Å². The van der Waals surface area contributed by atoms with Gasteiger partial charge in [-0.2, -0.15) is 0 Å². The summed E-state index contributed by atoms with van der Waals surface area (Å²) in [6.07, 6.45) is 0. The molecule has 1 aromatic rings. The molecule has 0 atom stereocenters. The number of ether oxygens (including phenoxy) is 1. The van der Waals surface area contributed by atoms with Crippen molar-refractivity contribution in [2.24, 2.45) is 4.99 Å². The molecule has 0 saturated heterocycles. The fraction of sp³-hybridized carbons (Fsp3) is 0.222. The van der Waals surface area contributed by atoms with E-state index in [9.17, 15) is 0 Å². The van der Waals surface area contributed by atoms with E-state index in [2.05, 4.69) is 11.7 Å². The van der Waals surface area contributed by atoms with E-state index in [1.165, 1.54) is 0 Å². The molecule has 0 unspecified atom stereocenters. The SMILES string of the molecule is C=Nc1cc(OC)ccc1C. The minimum atomic E-state index is 0.818. The fourth-order valence-corrected chi connectivity index (χ4v) is 0.887. The maximum atomic E-state index is 5.02. The van der Waals surface area contributed by atoms with Crippen molar-refractivity contribution in [2.45, 2.75) is 6.92 Å². The van der Waals surface area contributed by atoms with Crippen LogP contribution in [0.4, 0.5) is 5.69 Å². The number of hydrogen-bond acceptors (Lipinski definition) is 2. The molecule has 0 aliphatic carbocycles. The molecule has 0 radical (unpaired) electrons. The molecule has 0 N–H and O–H groups in total. The van der Waals surface area contributed by atoms with Gasteiger partial charge in [0, 0.05) is 6.07 Å². The first kappa shape index (κ1) is 7.79. The Bertz CT molecular complexity index is 268. The van der Waals surface area contributed by atoms with Crippen LogP contribution in [-0.4, -0.2) is 13.8 Å².